The van der Waals surface area contributed by atoms with Crippen molar-refractivity contribution in [2.45, 2.75) is 5.71 Å². The molecule has 0 rings (SSSR count). The van der Waals surface area contributed by atoms with Gasteiger partial charge in [0.2, 0.25) is 0 Å². The molecule has 0 aliphatic heterocycles. The van der Waals surface area contributed by atoms with Gasteiger partial charge in [0.1, 0.15) is 0 Å². The van der Waals surface area contributed by atoms with Gasteiger partial charge in [0, 0.05) is 0 Å². The van der Waals surface area contributed by atoms with Gasteiger partial charge in [-0.2, -0.15) is 0 Å². The predicted octanol–water partition coefficient (Wildman–Crippen LogP) is 1.61. The zero-order chi connectivity index (χ0) is 4.50. The Morgan fingerprint density at radius 2 is 1.60 bits per heavy atom. The molecule has 0 spiro atoms. The average Bonchev–Trinajstić information content (AvgIpc) is 0.722. The van der Waals surface area contributed by atoms with Crippen LogP contribution in [0.15, 0.2) is 0 Å². The summed E-state index contributed by atoms with van der Waals surface area (Å²) in [7, 11) is 10.8. The third-order valence-electron chi connectivity index (χ3n) is 0. The molecular weight excluding hydrogens is 183 g/mol. The van der Waals surface area contributed by atoms with Gasteiger partial charge in [-0.05, 0) is 0 Å². The van der Waals surface area contributed by atoms with E-state index in [9.17, 15) is 0 Å². The van der Waals surface area contributed by atoms with Crippen LogP contribution in [-0.4, -0.2) is 9.56 Å². The molecule has 0 saturated carbocycles. The average molecular weight is 188 g/mol. The molecule has 0 saturated heterocycles. The second-order valence-corrected chi connectivity index (χ2v) is 20.9. The Bertz CT molecular complexity index is 53.0. The van der Waals surface area contributed by atoms with E-state index in [-0.39, 0.29) is 0 Å². The molecule has 0 fully saturated rings. The van der Waals surface area contributed by atoms with Crippen LogP contribution in [0.3, 0.4) is 0 Å². The summed E-state index contributed by atoms with van der Waals surface area (Å²) in [5, 5.41) is 0. The molecule has 4 heteroatoms. The Labute approximate surface area is 47.3 Å². The SMILES string of the molecule is C[As](=S)(S)S. The van der Waals surface area contributed by atoms with E-state index in [1.807, 2.05) is 5.71 Å². The summed E-state index contributed by atoms with van der Waals surface area (Å²) in [4.78, 5) is 0. The number of hydrogen-bond acceptors (Lipinski definition) is 1. The van der Waals surface area contributed by atoms with Crippen molar-refractivity contribution in [2.24, 2.45) is 0 Å². The maximum absolute atomic E-state index is 4.73. The third kappa shape index (κ3) is 30.3. The van der Waals surface area contributed by atoms with Crippen LogP contribution < -0.4 is 0 Å². The quantitative estimate of drug-likeness (QED) is 0.430. The van der Waals surface area contributed by atoms with Crippen LogP contribution >= 0.6 is 32.2 Å². The Kier molecular flexibility index (Phi) is 2.55. The van der Waals surface area contributed by atoms with Crippen LogP contribution in [0.4, 0.5) is 0 Å². The molecule has 0 N–H and O–H groups in total. The first-order valence-electron chi connectivity index (χ1n) is 1.03. The fraction of sp³-hybridized carbons (Fsp3) is 1.00. The van der Waals surface area contributed by atoms with Crippen LogP contribution in [0.5, 0.6) is 0 Å². The van der Waals surface area contributed by atoms with Gasteiger partial charge >= 0.3 is 47.5 Å². The van der Waals surface area contributed by atoms with Gasteiger partial charge in [-0.3, -0.25) is 0 Å². The second kappa shape index (κ2) is 1.96. The van der Waals surface area contributed by atoms with Crippen LogP contribution in [0.1, 0.15) is 0 Å². The van der Waals surface area contributed by atoms with Gasteiger partial charge in [0.05, 0.1) is 0 Å². The Morgan fingerprint density at radius 3 is 1.60 bits per heavy atom. The fourth-order valence-corrected chi connectivity index (χ4v) is 0. The van der Waals surface area contributed by atoms with Gasteiger partial charge < -0.3 is 0 Å². The minimum atomic E-state index is -1.90. The summed E-state index contributed by atoms with van der Waals surface area (Å²) in [5.41, 5.74) is 1.90. The van der Waals surface area contributed by atoms with E-state index >= 15 is 0 Å². The molecule has 0 aromatic rings. The molecule has 0 aromatic carbocycles. The summed E-state index contributed by atoms with van der Waals surface area (Å²) in [6.45, 7) is 0. The number of thiol groups is 2. The molecule has 0 heterocycles. The molecule has 0 atom stereocenters. The summed E-state index contributed by atoms with van der Waals surface area (Å²) in [6, 6.07) is 0. The molecule has 5 heavy (non-hydrogen) atoms. The van der Waals surface area contributed by atoms with Crippen LogP contribution in [-0.2, 0) is 0 Å². The molecule has 0 radical (unpaired) electrons. The summed E-state index contributed by atoms with van der Waals surface area (Å²) < 4.78 is 0. The van der Waals surface area contributed by atoms with E-state index in [0.717, 1.165) is 0 Å². The molecule has 0 unspecified atom stereocenters. The standard InChI is InChI=1S/CH5AsS3/c1-2(3,4)5/h1H3,(H2,3,4,5). The molecule has 0 aliphatic rings. The van der Waals surface area contributed by atoms with E-state index in [1.54, 1.807) is 0 Å². The number of hydrogen-bond donors (Lipinski definition) is 2. The third-order valence-corrected chi connectivity index (χ3v) is 0. The van der Waals surface area contributed by atoms with E-state index in [0.29, 0.717) is 0 Å². The summed E-state index contributed by atoms with van der Waals surface area (Å²) in [6.07, 6.45) is 0. The normalized spacial score (nSPS) is 11.8. The molecule has 0 aliphatic carbocycles. The van der Waals surface area contributed by atoms with Crippen LogP contribution in [0.25, 0.3) is 0 Å². The first-order chi connectivity index (χ1) is 2.00. The van der Waals surface area contributed by atoms with Crippen molar-refractivity contribution in [3.63, 3.8) is 0 Å². The van der Waals surface area contributed by atoms with Gasteiger partial charge in [-0.15, -0.1) is 0 Å². The monoisotopic (exact) mass is 188 g/mol. The summed E-state index contributed by atoms with van der Waals surface area (Å²) >= 11 is 0. The Hall–Kier alpha value is 1.48. The molecule has 0 nitrogen and oxygen atoms in total. The summed E-state index contributed by atoms with van der Waals surface area (Å²) in [5.74, 6) is 0. The van der Waals surface area contributed by atoms with Crippen LogP contribution in [0, 0.1) is 0 Å². The predicted molar refractivity (Wildman–Crippen MR) is 37.2 cm³/mol. The topological polar surface area (TPSA) is 0 Å². The van der Waals surface area contributed by atoms with Crippen LogP contribution in [0.2, 0.25) is 5.71 Å². The van der Waals surface area contributed by atoms with Gasteiger partial charge in [0.15, 0.2) is 0 Å². The van der Waals surface area contributed by atoms with Crippen molar-refractivity contribution in [1.29, 1.82) is 0 Å². The first-order valence-corrected chi connectivity index (χ1v) is 11.4. The molecule has 32 valence electrons. The first kappa shape index (κ1) is 6.48. The van der Waals surface area contributed by atoms with Crippen molar-refractivity contribution in [3.8, 4) is 0 Å². The fourth-order valence-electron chi connectivity index (χ4n) is 0. The zero-order valence-corrected chi connectivity index (χ0v) is 7.23. The second-order valence-electron chi connectivity index (χ2n) is 0.835. The Morgan fingerprint density at radius 1 is 1.60 bits per heavy atom. The molecule has 0 amide bonds. The minimum absolute atomic E-state index is 1.90. The number of rotatable bonds is 0. The van der Waals surface area contributed by atoms with Gasteiger partial charge in [0.25, 0.3) is 0 Å². The van der Waals surface area contributed by atoms with E-state index < -0.39 is 9.56 Å². The van der Waals surface area contributed by atoms with Crippen molar-refractivity contribution in [1.82, 2.24) is 0 Å². The van der Waals surface area contributed by atoms with E-state index in [1.165, 1.54) is 0 Å². The van der Waals surface area contributed by atoms with Crippen molar-refractivity contribution >= 4 is 41.7 Å². The Balaban J connectivity index is 3.47. The van der Waals surface area contributed by atoms with E-state index in [4.69, 9.17) is 10.4 Å². The zero-order valence-electron chi connectivity index (χ0n) is 2.75. The van der Waals surface area contributed by atoms with E-state index in [2.05, 4.69) is 21.8 Å². The van der Waals surface area contributed by atoms with Crippen molar-refractivity contribution in [3.05, 3.63) is 0 Å². The maximum atomic E-state index is 4.73. The molecule has 0 bridgehead atoms. The molecule has 0 aromatic heterocycles. The van der Waals surface area contributed by atoms with Crippen molar-refractivity contribution < 1.29 is 0 Å². The molecular formula is CH5AsS3. The van der Waals surface area contributed by atoms with Gasteiger partial charge in [-0.25, -0.2) is 0 Å². The van der Waals surface area contributed by atoms with Crippen molar-refractivity contribution in [2.75, 3.05) is 0 Å². The van der Waals surface area contributed by atoms with Gasteiger partial charge in [-0.1, -0.05) is 0 Å².